The average Bonchev–Trinajstić information content (AvgIpc) is 2.93. The Balaban J connectivity index is 0.00000256. The lowest BCUT2D eigenvalue weighted by Crippen LogP contribution is -3.00. The van der Waals surface area contributed by atoms with E-state index in [0.29, 0.717) is 24.0 Å². The lowest BCUT2D eigenvalue weighted by atomic mass is 9.75. The Morgan fingerprint density at radius 1 is 1.03 bits per heavy atom. The normalized spacial score (nSPS) is 35.7. The maximum Gasteiger partial charge on any atom is 0.309 e. The van der Waals surface area contributed by atoms with Crippen molar-refractivity contribution >= 4 is 5.97 Å². The van der Waals surface area contributed by atoms with Crippen molar-refractivity contribution in [1.82, 2.24) is 0 Å². The number of rotatable bonds is 6. The first-order chi connectivity index (χ1) is 14.1. The van der Waals surface area contributed by atoms with Crippen LogP contribution in [0.3, 0.4) is 0 Å². The van der Waals surface area contributed by atoms with Crippen LogP contribution in [-0.4, -0.2) is 41.2 Å². The van der Waals surface area contributed by atoms with Crippen LogP contribution >= 0.6 is 0 Å². The van der Waals surface area contributed by atoms with Gasteiger partial charge in [0.25, 0.3) is 0 Å². The molecule has 3 fully saturated rings. The fourth-order valence-corrected chi connectivity index (χ4v) is 7.21. The highest BCUT2D eigenvalue weighted by atomic mass is 127. The fourth-order valence-electron chi connectivity index (χ4n) is 7.21. The molecule has 1 aromatic carbocycles. The highest BCUT2D eigenvalue weighted by molar-refractivity contribution is 5.74. The summed E-state index contributed by atoms with van der Waals surface area (Å²) in [6.07, 6.45) is 10.6. The number of piperidine rings is 1. The summed E-state index contributed by atoms with van der Waals surface area (Å²) in [5, 5.41) is 0. The maximum atomic E-state index is 13.3. The maximum absolute atomic E-state index is 13.3. The van der Waals surface area contributed by atoms with E-state index in [1.54, 1.807) is 0 Å². The highest BCUT2D eigenvalue weighted by Gasteiger charge is 2.56. The van der Waals surface area contributed by atoms with Crippen molar-refractivity contribution in [2.75, 3.05) is 6.54 Å². The van der Waals surface area contributed by atoms with Crippen molar-refractivity contribution in [1.29, 1.82) is 0 Å². The van der Waals surface area contributed by atoms with Crippen LogP contribution in [0.1, 0.15) is 90.0 Å². The highest BCUT2D eigenvalue weighted by Crippen LogP contribution is 2.46. The van der Waals surface area contributed by atoms with E-state index in [-0.39, 0.29) is 42.0 Å². The van der Waals surface area contributed by atoms with Gasteiger partial charge in [-0.15, -0.1) is 0 Å². The molecule has 2 heterocycles. The molecule has 4 unspecified atom stereocenters. The minimum absolute atomic E-state index is 0. The number of fused-ring (bicyclic) bond motifs is 2. The van der Waals surface area contributed by atoms with Crippen LogP contribution < -0.4 is 24.0 Å². The summed E-state index contributed by atoms with van der Waals surface area (Å²) in [7, 11) is 0. The zero-order chi connectivity index (χ0) is 20.4. The number of esters is 1. The number of halogens is 1. The molecule has 4 heteroatoms. The van der Waals surface area contributed by atoms with E-state index < -0.39 is 0 Å². The minimum atomic E-state index is 0. The smallest absolute Gasteiger partial charge is 0.309 e. The van der Waals surface area contributed by atoms with Crippen molar-refractivity contribution in [2.24, 2.45) is 5.92 Å². The van der Waals surface area contributed by atoms with Gasteiger partial charge in [0, 0.05) is 25.7 Å². The lowest BCUT2D eigenvalue weighted by Gasteiger charge is -2.52. The molecule has 2 bridgehead atoms. The van der Waals surface area contributed by atoms with Gasteiger partial charge in [0.05, 0.1) is 30.6 Å². The summed E-state index contributed by atoms with van der Waals surface area (Å²) < 4.78 is 7.54. The van der Waals surface area contributed by atoms with Crippen molar-refractivity contribution in [3.8, 4) is 0 Å². The molecule has 2 saturated heterocycles. The molecule has 2 aliphatic heterocycles. The molecule has 6 atom stereocenters. The van der Waals surface area contributed by atoms with Crippen LogP contribution in [0.2, 0.25) is 0 Å². The molecule has 0 radical (unpaired) electrons. The van der Waals surface area contributed by atoms with Gasteiger partial charge in [0.15, 0.2) is 0 Å². The molecule has 3 nitrogen and oxygen atoms in total. The Kier molecular flexibility index (Phi) is 8.28. The van der Waals surface area contributed by atoms with Crippen molar-refractivity contribution in [3.63, 3.8) is 0 Å². The van der Waals surface area contributed by atoms with Crippen molar-refractivity contribution < 1.29 is 38.0 Å². The topological polar surface area (TPSA) is 26.3 Å². The number of carbonyl (C=O) groups excluding carboxylic acids is 1. The summed E-state index contributed by atoms with van der Waals surface area (Å²) >= 11 is 0. The van der Waals surface area contributed by atoms with E-state index in [1.807, 2.05) is 0 Å². The van der Waals surface area contributed by atoms with Gasteiger partial charge in [-0.1, -0.05) is 50.1 Å². The van der Waals surface area contributed by atoms with E-state index in [1.165, 1.54) is 42.3 Å². The van der Waals surface area contributed by atoms with E-state index in [4.69, 9.17) is 4.74 Å². The Labute approximate surface area is 200 Å². The van der Waals surface area contributed by atoms with E-state index in [9.17, 15) is 4.79 Å². The fraction of sp³-hybridized carbons (Fsp3) is 0.731. The molecule has 1 aromatic rings. The monoisotopic (exact) mass is 525 g/mol. The van der Waals surface area contributed by atoms with Gasteiger partial charge in [-0.05, 0) is 44.6 Å². The van der Waals surface area contributed by atoms with Gasteiger partial charge < -0.3 is 33.2 Å². The van der Waals surface area contributed by atoms with Crippen LogP contribution in [0.4, 0.5) is 0 Å². The van der Waals surface area contributed by atoms with Gasteiger partial charge in [-0.3, -0.25) is 4.79 Å². The standard InChI is InChI=1S/C26H40NO2.HI/c1-4-16-27(19(2)3)21-14-15-22(27)18-23(17-21)29-26(28)25-13-9-8-12-24(25)20-10-6-5-7-11-20;/h5-7,10-11,19,21-25H,4,8-9,12-18H2,1-3H3;1H/q+1;/p-1/t21-,22+,23?,24?,25?,27?;. The second-order valence-corrected chi connectivity index (χ2v) is 10.1. The third-order valence-corrected chi connectivity index (χ3v) is 8.41. The first kappa shape index (κ1) is 24.0. The lowest BCUT2D eigenvalue weighted by molar-refractivity contribution is -0.985. The Bertz CT molecular complexity index is 678. The number of nitrogens with zero attached hydrogens (tertiary/aromatic N) is 1. The van der Waals surface area contributed by atoms with Crippen LogP contribution in [0.25, 0.3) is 0 Å². The molecular formula is C26H40INO2. The molecule has 0 spiro atoms. The van der Waals surface area contributed by atoms with Crippen LogP contribution in [0.15, 0.2) is 30.3 Å². The molecule has 4 rings (SSSR count). The Hall–Kier alpha value is -0.620. The molecule has 168 valence electrons. The van der Waals surface area contributed by atoms with Gasteiger partial charge in [-0.2, -0.15) is 0 Å². The predicted octanol–water partition coefficient (Wildman–Crippen LogP) is 2.84. The molecule has 3 aliphatic rings. The third-order valence-electron chi connectivity index (χ3n) is 8.41. The quantitative estimate of drug-likeness (QED) is 0.325. The molecule has 0 aromatic heterocycles. The van der Waals surface area contributed by atoms with Crippen molar-refractivity contribution in [2.45, 2.75) is 109 Å². The van der Waals surface area contributed by atoms with Crippen LogP contribution in [0.5, 0.6) is 0 Å². The summed E-state index contributed by atoms with van der Waals surface area (Å²) in [6.45, 7) is 8.41. The van der Waals surface area contributed by atoms with E-state index in [0.717, 1.165) is 32.1 Å². The van der Waals surface area contributed by atoms with Gasteiger partial charge in [0.2, 0.25) is 0 Å². The molecule has 30 heavy (non-hydrogen) atoms. The zero-order valence-electron chi connectivity index (χ0n) is 19.1. The van der Waals surface area contributed by atoms with Crippen molar-refractivity contribution in [3.05, 3.63) is 35.9 Å². The Morgan fingerprint density at radius 2 is 1.67 bits per heavy atom. The van der Waals surface area contributed by atoms with E-state index >= 15 is 0 Å². The largest absolute Gasteiger partial charge is 1.00 e. The van der Waals surface area contributed by atoms with E-state index in [2.05, 4.69) is 51.1 Å². The summed E-state index contributed by atoms with van der Waals surface area (Å²) in [4.78, 5) is 13.3. The molecule has 1 saturated carbocycles. The number of carbonyl (C=O) groups is 1. The third kappa shape index (κ3) is 4.46. The molecule has 0 N–H and O–H groups in total. The first-order valence-electron chi connectivity index (χ1n) is 12.2. The predicted molar refractivity (Wildman–Crippen MR) is 118 cm³/mol. The SMILES string of the molecule is CCC[N+]1(C(C)C)[C@@H]2CC[C@H]1CC(OC(=O)C1CCCCC1c1ccccc1)C2.[I-]. The van der Waals surface area contributed by atoms with Gasteiger partial charge in [-0.25, -0.2) is 0 Å². The number of ether oxygens (including phenoxy) is 1. The molecular weight excluding hydrogens is 485 g/mol. The molecule has 0 amide bonds. The number of hydrogen-bond donors (Lipinski definition) is 0. The summed E-state index contributed by atoms with van der Waals surface area (Å²) in [5.41, 5.74) is 1.32. The molecule has 1 aliphatic carbocycles. The summed E-state index contributed by atoms with van der Waals surface area (Å²) in [5.74, 6) is 0.470. The summed E-state index contributed by atoms with van der Waals surface area (Å²) in [6, 6.07) is 12.7. The zero-order valence-corrected chi connectivity index (χ0v) is 21.2. The second-order valence-electron chi connectivity index (χ2n) is 10.1. The van der Waals surface area contributed by atoms with Crippen LogP contribution in [0, 0.1) is 5.92 Å². The van der Waals surface area contributed by atoms with Gasteiger partial charge in [0.1, 0.15) is 6.10 Å². The first-order valence-corrected chi connectivity index (χ1v) is 12.2. The second kappa shape index (κ2) is 10.3. The number of hydrogen-bond acceptors (Lipinski definition) is 2. The van der Waals surface area contributed by atoms with Crippen LogP contribution in [-0.2, 0) is 9.53 Å². The van der Waals surface area contributed by atoms with Gasteiger partial charge >= 0.3 is 5.97 Å². The Morgan fingerprint density at radius 3 is 2.27 bits per heavy atom. The average molecular weight is 526 g/mol. The number of quaternary nitrogens is 1. The number of benzene rings is 1. The minimum Gasteiger partial charge on any atom is -1.00 e.